The number of nitrogens with one attached hydrogen (secondary N) is 1. The maximum absolute atomic E-state index is 12.5. The van der Waals surface area contributed by atoms with Crippen molar-refractivity contribution in [1.82, 2.24) is 10.1 Å². The molecule has 0 saturated carbocycles. The third kappa shape index (κ3) is 5.01. The predicted molar refractivity (Wildman–Crippen MR) is 122 cm³/mol. The van der Waals surface area contributed by atoms with Gasteiger partial charge in [-0.15, -0.1) is 0 Å². The molecule has 32 heavy (non-hydrogen) atoms. The lowest BCUT2D eigenvalue weighted by Gasteiger charge is -2.10. The van der Waals surface area contributed by atoms with Gasteiger partial charge in [-0.1, -0.05) is 40.5 Å². The molecule has 1 amide bonds. The number of aromatic nitrogens is 2. The lowest BCUT2D eigenvalue weighted by Crippen LogP contribution is -2.20. The fraction of sp³-hybridized carbons (Fsp3) is 0.0870. The van der Waals surface area contributed by atoms with E-state index in [0.29, 0.717) is 32.9 Å². The molecule has 1 aromatic heterocycles. The van der Waals surface area contributed by atoms with Crippen molar-refractivity contribution in [2.45, 2.75) is 0 Å². The molecule has 0 saturated heterocycles. The van der Waals surface area contributed by atoms with Crippen LogP contribution in [0.3, 0.4) is 0 Å². The summed E-state index contributed by atoms with van der Waals surface area (Å²) in [7, 11) is 1.60. The van der Waals surface area contributed by atoms with Crippen LogP contribution < -0.4 is 14.8 Å². The number of carbonyl (C=O) groups is 1. The first kappa shape index (κ1) is 21.7. The molecule has 0 unspecified atom stereocenters. The lowest BCUT2D eigenvalue weighted by atomic mass is 10.1. The molecule has 4 rings (SSSR count). The Labute approximate surface area is 193 Å². The van der Waals surface area contributed by atoms with E-state index in [9.17, 15) is 4.79 Å². The van der Waals surface area contributed by atoms with Crippen LogP contribution in [0.4, 0.5) is 5.69 Å². The number of methoxy groups -OCH3 is 1. The second-order valence-electron chi connectivity index (χ2n) is 6.61. The number of rotatable bonds is 7. The molecule has 0 aliphatic carbocycles. The largest absolute Gasteiger partial charge is 0.497 e. The number of hydrogen-bond donors (Lipinski definition) is 1. The monoisotopic (exact) mass is 469 g/mol. The Hall–Kier alpha value is -3.55. The van der Waals surface area contributed by atoms with Gasteiger partial charge in [0.05, 0.1) is 23.4 Å². The summed E-state index contributed by atoms with van der Waals surface area (Å²) in [5.74, 6) is 1.41. The molecule has 0 spiro atoms. The molecule has 0 radical (unpaired) electrons. The van der Waals surface area contributed by atoms with Crippen LogP contribution in [0.15, 0.2) is 71.3 Å². The van der Waals surface area contributed by atoms with Crippen LogP contribution >= 0.6 is 23.2 Å². The molecule has 3 aromatic carbocycles. The molecule has 0 aliphatic rings. The zero-order chi connectivity index (χ0) is 22.5. The number of carbonyl (C=O) groups excluding carboxylic acids is 1. The summed E-state index contributed by atoms with van der Waals surface area (Å²) in [5, 5.41) is 7.64. The van der Waals surface area contributed by atoms with Crippen molar-refractivity contribution in [3.8, 4) is 34.3 Å². The van der Waals surface area contributed by atoms with Crippen molar-refractivity contribution in [2.75, 3.05) is 19.0 Å². The summed E-state index contributed by atoms with van der Waals surface area (Å²) >= 11 is 11.9. The van der Waals surface area contributed by atoms with E-state index in [0.717, 1.165) is 11.3 Å². The predicted octanol–water partition coefficient (Wildman–Crippen LogP) is 5.74. The number of amides is 1. The first-order valence-electron chi connectivity index (χ1n) is 9.49. The Morgan fingerprint density at radius 1 is 1.06 bits per heavy atom. The van der Waals surface area contributed by atoms with Gasteiger partial charge in [-0.2, -0.15) is 4.98 Å². The van der Waals surface area contributed by atoms with Gasteiger partial charge in [0.2, 0.25) is 5.82 Å². The second-order valence-corrected chi connectivity index (χ2v) is 7.45. The number of nitrogens with zero attached hydrogens (tertiary/aromatic N) is 2. The van der Waals surface area contributed by atoms with Gasteiger partial charge in [-0.25, -0.2) is 0 Å². The molecule has 7 nitrogen and oxygen atoms in total. The Kier molecular flexibility index (Phi) is 6.58. The normalized spacial score (nSPS) is 10.6. The molecule has 1 heterocycles. The molecule has 0 bridgehead atoms. The molecule has 1 N–H and O–H groups in total. The SMILES string of the molecule is COc1ccc(-c2noc(-c3ccccc3NC(=O)COc3ccc(Cl)cc3Cl)n2)cc1. The minimum absolute atomic E-state index is 0.239. The van der Waals surface area contributed by atoms with Gasteiger partial charge in [-0.3, -0.25) is 4.79 Å². The van der Waals surface area contributed by atoms with E-state index >= 15 is 0 Å². The lowest BCUT2D eigenvalue weighted by molar-refractivity contribution is -0.118. The Bertz CT molecular complexity index is 1240. The summed E-state index contributed by atoms with van der Waals surface area (Å²) in [6.07, 6.45) is 0. The third-order valence-electron chi connectivity index (χ3n) is 4.46. The number of anilines is 1. The standard InChI is InChI=1S/C23H17Cl2N3O4/c1-30-16-9-6-14(7-10-16)22-27-23(32-28-22)17-4-2-3-5-19(17)26-21(29)13-31-20-11-8-15(24)12-18(20)25/h2-12H,13H2,1H3,(H,26,29). The van der Waals surface area contributed by atoms with Crippen molar-refractivity contribution < 1.29 is 18.8 Å². The minimum Gasteiger partial charge on any atom is -0.497 e. The highest BCUT2D eigenvalue weighted by atomic mass is 35.5. The van der Waals surface area contributed by atoms with Crippen molar-refractivity contribution >= 4 is 34.8 Å². The molecule has 0 fully saturated rings. The smallest absolute Gasteiger partial charge is 0.262 e. The Morgan fingerprint density at radius 3 is 2.59 bits per heavy atom. The fourth-order valence-electron chi connectivity index (χ4n) is 2.89. The van der Waals surface area contributed by atoms with Crippen LogP contribution in [0, 0.1) is 0 Å². The van der Waals surface area contributed by atoms with E-state index in [1.807, 2.05) is 30.3 Å². The van der Waals surface area contributed by atoms with Crippen molar-refractivity contribution in [3.63, 3.8) is 0 Å². The second kappa shape index (κ2) is 9.72. The van der Waals surface area contributed by atoms with Crippen molar-refractivity contribution in [3.05, 3.63) is 76.8 Å². The summed E-state index contributed by atoms with van der Waals surface area (Å²) in [6.45, 7) is -0.239. The minimum atomic E-state index is -0.377. The van der Waals surface area contributed by atoms with Crippen LogP contribution in [0.1, 0.15) is 0 Å². The number of hydrogen-bond acceptors (Lipinski definition) is 6. The van der Waals surface area contributed by atoms with Crippen LogP contribution in [-0.4, -0.2) is 29.8 Å². The number of para-hydroxylation sites is 1. The van der Waals surface area contributed by atoms with Gasteiger partial charge < -0.3 is 19.3 Å². The molecule has 0 aliphatic heterocycles. The van der Waals surface area contributed by atoms with E-state index in [4.69, 9.17) is 37.2 Å². The van der Waals surface area contributed by atoms with Crippen molar-refractivity contribution in [2.24, 2.45) is 0 Å². The Balaban J connectivity index is 1.48. The van der Waals surface area contributed by atoms with E-state index in [1.54, 1.807) is 43.5 Å². The zero-order valence-electron chi connectivity index (χ0n) is 16.8. The quantitative estimate of drug-likeness (QED) is 0.371. The molecular formula is C23H17Cl2N3O4. The highest BCUT2D eigenvalue weighted by Crippen LogP contribution is 2.30. The van der Waals surface area contributed by atoms with Gasteiger partial charge in [0.25, 0.3) is 11.8 Å². The molecule has 9 heteroatoms. The molecule has 162 valence electrons. The van der Waals surface area contributed by atoms with Crippen LogP contribution in [0.5, 0.6) is 11.5 Å². The average molecular weight is 470 g/mol. The van der Waals surface area contributed by atoms with Crippen LogP contribution in [0.2, 0.25) is 10.0 Å². The maximum atomic E-state index is 12.5. The summed E-state index contributed by atoms with van der Waals surface area (Å²) in [6, 6.07) is 19.2. The van der Waals surface area contributed by atoms with Crippen molar-refractivity contribution in [1.29, 1.82) is 0 Å². The number of ether oxygens (including phenoxy) is 2. The van der Waals surface area contributed by atoms with E-state index in [-0.39, 0.29) is 18.4 Å². The van der Waals surface area contributed by atoms with Gasteiger partial charge in [0, 0.05) is 10.6 Å². The summed E-state index contributed by atoms with van der Waals surface area (Å²) in [4.78, 5) is 16.9. The van der Waals surface area contributed by atoms with Gasteiger partial charge >= 0.3 is 0 Å². The third-order valence-corrected chi connectivity index (χ3v) is 4.99. The molecule has 0 atom stereocenters. The van der Waals surface area contributed by atoms with Crippen LogP contribution in [-0.2, 0) is 4.79 Å². The van der Waals surface area contributed by atoms with Crippen LogP contribution in [0.25, 0.3) is 22.8 Å². The number of halogens is 2. The Morgan fingerprint density at radius 2 is 1.84 bits per heavy atom. The highest BCUT2D eigenvalue weighted by molar-refractivity contribution is 6.35. The maximum Gasteiger partial charge on any atom is 0.262 e. The first-order chi connectivity index (χ1) is 15.5. The highest BCUT2D eigenvalue weighted by Gasteiger charge is 2.16. The van der Waals surface area contributed by atoms with E-state index < -0.39 is 0 Å². The molecule has 4 aromatic rings. The molecular weight excluding hydrogens is 453 g/mol. The van der Waals surface area contributed by atoms with Gasteiger partial charge in [0.1, 0.15) is 11.5 Å². The van der Waals surface area contributed by atoms with E-state index in [2.05, 4.69) is 15.5 Å². The topological polar surface area (TPSA) is 86.5 Å². The number of benzene rings is 3. The zero-order valence-corrected chi connectivity index (χ0v) is 18.4. The average Bonchev–Trinajstić information content (AvgIpc) is 3.29. The first-order valence-corrected chi connectivity index (χ1v) is 10.2. The summed E-state index contributed by atoms with van der Waals surface area (Å²) in [5.41, 5.74) is 1.86. The fourth-order valence-corrected chi connectivity index (χ4v) is 3.35. The van der Waals surface area contributed by atoms with Gasteiger partial charge in [0.15, 0.2) is 6.61 Å². The van der Waals surface area contributed by atoms with E-state index in [1.165, 1.54) is 0 Å². The summed E-state index contributed by atoms with van der Waals surface area (Å²) < 4.78 is 16.1. The van der Waals surface area contributed by atoms with Gasteiger partial charge in [-0.05, 0) is 54.6 Å².